The Bertz CT molecular complexity index is 1240. The number of aryl methyl sites for hydroxylation is 1. The normalized spacial score (nSPS) is 9.93. The predicted octanol–water partition coefficient (Wildman–Crippen LogP) is 4.23. The van der Waals surface area contributed by atoms with Crippen molar-refractivity contribution in [1.82, 2.24) is 4.98 Å². The quantitative estimate of drug-likeness (QED) is 0.493. The van der Waals surface area contributed by atoms with Crippen LogP contribution in [-0.4, -0.2) is 16.5 Å². The van der Waals surface area contributed by atoms with Crippen LogP contribution in [0.1, 0.15) is 32.6 Å². The van der Waals surface area contributed by atoms with Crippen molar-refractivity contribution >= 4 is 23.4 Å². The van der Waals surface area contributed by atoms with Crippen LogP contribution in [0.2, 0.25) is 0 Å². The number of hydrogen-bond donors (Lipinski definition) is 1. The van der Waals surface area contributed by atoms with E-state index in [9.17, 15) is 15.3 Å². The van der Waals surface area contributed by atoms with Gasteiger partial charge in [0.25, 0.3) is 0 Å². The molecule has 7 heteroatoms. The van der Waals surface area contributed by atoms with Gasteiger partial charge in [0.15, 0.2) is 5.78 Å². The van der Waals surface area contributed by atoms with Crippen molar-refractivity contribution in [3.63, 3.8) is 0 Å². The second-order valence-corrected chi connectivity index (χ2v) is 7.38. The maximum Gasteiger partial charge on any atom is 0.173 e. The summed E-state index contributed by atoms with van der Waals surface area (Å²) in [5.74, 6) is -0.123. The van der Waals surface area contributed by atoms with Gasteiger partial charge in [-0.2, -0.15) is 15.8 Å². The van der Waals surface area contributed by atoms with Crippen LogP contribution in [0.3, 0.4) is 0 Å². The van der Waals surface area contributed by atoms with E-state index in [1.807, 2.05) is 43.3 Å². The smallest absolute Gasteiger partial charge is 0.173 e. The van der Waals surface area contributed by atoms with Gasteiger partial charge in [-0.05, 0) is 24.6 Å². The minimum absolute atomic E-state index is 0.0143. The largest absolute Gasteiger partial charge is 0.383 e. The van der Waals surface area contributed by atoms with E-state index in [0.717, 1.165) is 17.3 Å². The van der Waals surface area contributed by atoms with Crippen LogP contribution in [0.5, 0.6) is 0 Å². The number of carbonyl (C=O) groups excluding carboxylic acids is 1. The molecule has 2 N–H and O–H groups in total. The monoisotopic (exact) mass is 409 g/mol. The molecule has 0 unspecified atom stereocenters. The average molecular weight is 409 g/mol. The number of benzene rings is 2. The van der Waals surface area contributed by atoms with E-state index in [1.54, 1.807) is 24.3 Å². The highest BCUT2D eigenvalue weighted by Gasteiger charge is 2.21. The number of rotatable bonds is 5. The van der Waals surface area contributed by atoms with Crippen LogP contribution in [0, 0.1) is 40.9 Å². The lowest BCUT2D eigenvalue weighted by molar-refractivity contribution is 0.102. The van der Waals surface area contributed by atoms with Gasteiger partial charge in [-0.25, -0.2) is 4.98 Å². The van der Waals surface area contributed by atoms with Crippen LogP contribution < -0.4 is 5.73 Å². The highest BCUT2D eigenvalue weighted by Crippen LogP contribution is 2.35. The van der Waals surface area contributed by atoms with Crippen LogP contribution in [-0.2, 0) is 0 Å². The van der Waals surface area contributed by atoms with E-state index in [0.29, 0.717) is 27.3 Å². The van der Waals surface area contributed by atoms with E-state index in [1.165, 1.54) is 0 Å². The molecule has 2 aromatic carbocycles. The van der Waals surface area contributed by atoms with Gasteiger partial charge in [0.05, 0.1) is 22.9 Å². The summed E-state index contributed by atoms with van der Waals surface area (Å²) in [6.07, 6.45) is 0. The third-order valence-electron chi connectivity index (χ3n) is 4.43. The van der Waals surface area contributed by atoms with Crippen molar-refractivity contribution in [3.05, 3.63) is 76.3 Å². The SMILES string of the molecule is Cc1ccc(-c2c(C#N)c(N)nc(SCC(=O)c3ccc(C#N)cc3)c2C#N)cc1. The molecule has 0 atom stereocenters. The number of ketones is 1. The zero-order chi connectivity index (χ0) is 21.7. The van der Waals surface area contributed by atoms with Crippen molar-refractivity contribution < 1.29 is 4.79 Å². The number of Topliss-reactive ketones (excluding diaryl/α,β-unsaturated/α-hetero) is 1. The first-order valence-electron chi connectivity index (χ1n) is 8.85. The Morgan fingerprint density at radius 2 is 1.60 bits per heavy atom. The Morgan fingerprint density at radius 1 is 0.967 bits per heavy atom. The fraction of sp³-hybridized carbons (Fsp3) is 0.0870. The molecule has 3 rings (SSSR count). The lowest BCUT2D eigenvalue weighted by Gasteiger charge is -2.13. The zero-order valence-electron chi connectivity index (χ0n) is 16.0. The molecule has 0 radical (unpaired) electrons. The predicted molar refractivity (Wildman–Crippen MR) is 114 cm³/mol. The molecule has 0 saturated heterocycles. The number of nitrogen functional groups attached to an aromatic ring is 1. The highest BCUT2D eigenvalue weighted by molar-refractivity contribution is 8.00. The second-order valence-electron chi connectivity index (χ2n) is 6.42. The summed E-state index contributed by atoms with van der Waals surface area (Å²) in [6.45, 7) is 1.94. The van der Waals surface area contributed by atoms with Crippen molar-refractivity contribution in [2.45, 2.75) is 11.9 Å². The van der Waals surface area contributed by atoms with E-state index in [2.05, 4.69) is 11.1 Å². The van der Waals surface area contributed by atoms with Crippen molar-refractivity contribution in [3.8, 4) is 29.3 Å². The van der Waals surface area contributed by atoms with Crippen LogP contribution in [0.4, 0.5) is 5.82 Å². The molecule has 1 heterocycles. The van der Waals surface area contributed by atoms with Gasteiger partial charge in [0.1, 0.15) is 28.5 Å². The first kappa shape index (κ1) is 20.6. The maximum atomic E-state index is 12.5. The summed E-state index contributed by atoms with van der Waals surface area (Å²) in [4.78, 5) is 16.7. The zero-order valence-corrected chi connectivity index (χ0v) is 16.8. The molecule has 0 aliphatic rings. The fourth-order valence-corrected chi connectivity index (χ4v) is 3.75. The van der Waals surface area contributed by atoms with Crippen molar-refractivity contribution in [2.75, 3.05) is 11.5 Å². The first-order valence-corrected chi connectivity index (χ1v) is 9.84. The molecule has 0 bridgehead atoms. The average Bonchev–Trinajstić information content (AvgIpc) is 2.77. The number of nitrogens with zero attached hydrogens (tertiary/aromatic N) is 4. The molecule has 0 fully saturated rings. The van der Waals surface area contributed by atoms with Crippen molar-refractivity contribution in [1.29, 1.82) is 15.8 Å². The summed E-state index contributed by atoms with van der Waals surface area (Å²) in [5, 5.41) is 28.5. The number of carbonyl (C=O) groups is 1. The van der Waals surface area contributed by atoms with Gasteiger partial charge >= 0.3 is 0 Å². The minimum Gasteiger partial charge on any atom is -0.383 e. The van der Waals surface area contributed by atoms with E-state index >= 15 is 0 Å². The highest BCUT2D eigenvalue weighted by atomic mass is 32.2. The summed E-state index contributed by atoms with van der Waals surface area (Å²) < 4.78 is 0. The molecule has 3 aromatic rings. The summed E-state index contributed by atoms with van der Waals surface area (Å²) >= 11 is 1.09. The van der Waals surface area contributed by atoms with E-state index in [4.69, 9.17) is 11.0 Å². The second kappa shape index (κ2) is 8.92. The Hall–Kier alpha value is -4.12. The fourth-order valence-electron chi connectivity index (χ4n) is 2.86. The molecule has 1 aromatic heterocycles. The molecular formula is C23H15N5OS. The molecule has 0 saturated carbocycles. The summed E-state index contributed by atoms with van der Waals surface area (Å²) in [5.41, 5.74) is 9.42. The molecule has 6 nitrogen and oxygen atoms in total. The molecular weight excluding hydrogens is 394 g/mol. The Kier molecular flexibility index (Phi) is 6.13. The topological polar surface area (TPSA) is 127 Å². The van der Waals surface area contributed by atoms with Gasteiger partial charge in [0.2, 0.25) is 0 Å². The third-order valence-corrected chi connectivity index (χ3v) is 5.41. The van der Waals surface area contributed by atoms with Gasteiger partial charge in [-0.3, -0.25) is 4.79 Å². The molecule has 144 valence electrons. The standard InChI is InChI=1S/C23H15N5OS/c1-14-2-6-17(7-3-14)21-18(11-25)22(27)28-23(19(21)12-26)30-13-20(29)16-8-4-15(10-24)5-9-16/h2-9H,13H2,1H3,(H2,27,28). The van der Waals surface area contributed by atoms with Crippen LogP contribution >= 0.6 is 11.8 Å². The Morgan fingerprint density at radius 3 is 2.17 bits per heavy atom. The molecule has 0 spiro atoms. The number of hydrogen-bond acceptors (Lipinski definition) is 7. The van der Waals surface area contributed by atoms with Gasteiger partial charge < -0.3 is 5.73 Å². The lowest BCUT2D eigenvalue weighted by atomic mass is 9.96. The van der Waals surface area contributed by atoms with Crippen molar-refractivity contribution in [2.24, 2.45) is 0 Å². The number of thioether (sulfide) groups is 1. The third kappa shape index (κ3) is 4.15. The number of nitriles is 3. The van der Waals surface area contributed by atoms with Crippen LogP contribution in [0.15, 0.2) is 53.6 Å². The summed E-state index contributed by atoms with van der Waals surface area (Å²) in [7, 11) is 0. The van der Waals surface area contributed by atoms with E-state index in [-0.39, 0.29) is 28.5 Å². The van der Waals surface area contributed by atoms with Gasteiger partial charge in [-0.15, -0.1) is 0 Å². The number of pyridine rings is 1. The lowest BCUT2D eigenvalue weighted by Crippen LogP contribution is -2.06. The maximum absolute atomic E-state index is 12.5. The van der Waals surface area contributed by atoms with Gasteiger partial charge in [-0.1, -0.05) is 53.7 Å². The Balaban J connectivity index is 1.98. The molecule has 0 aliphatic carbocycles. The minimum atomic E-state index is -0.171. The van der Waals surface area contributed by atoms with Gasteiger partial charge in [0, 0.05) is 11.1 Å². The Labute approximate surface area is 178 Å². The van der Waals surface area contributed by atoms with E-state index < -0.39 is 0 Å². The molecule has 0 amide bonds. The molecule has 0 aliphatic heterocycles. The number of aromatic nitrogens is 1. The number of nitrogens with two attached hydrogens (primary N) is 1. The first-order chi connectivity index (χ1) is 14.5. The summed E-state index contributed by atoms with van der Waals surface area (Å²) in [6, 6.07) is 19.9. The van der Waals surface area contributed by atoms with Crippen LogP contribution in [0.25, 0.3) is 11.1 Å². The number of anilines is 1. The molecule has 30 heavy (non-hydrogen) atoms.